The first-order chi connectivity index (χ1) is 9.11. The summed E-state index contributed by atoms with van der Waals surface area (Å²) in [5.74, 6) is 0.324. The Balaban J connectivity index is 2.09. The molecule has 1 aromatic carbocycles. The summed E-state index contributed by atoms with van der Waals surface area (Å²) in [6.45, 7) is 2.43. The highest BCUT2D eigenvalue weighted by atomic mass is 79.9. The van der Waals surface area contributed by atoms with Gasteiger partial charge in [0.25, 0.3) is 0 Å². The van der Waals surface area contributed by atoms with E-state index in [1.165, 1.54) is 20.0 Å². The Labute approximate surface area is 121 Å². The third-order valence-corrected chi connectivity index (χ3v) is 3.66. The van der Waals surface area contributed by atoms with E-state index in [1.54, 1.807) is 6.92 Å². The fourth-order valence-electron chi connectivity index (χ4n) is 1.76. The van der Waals surface area contributed by atoms with Crippen LogP contribution in [0.5, 0.6) is 5.75 Å². The summed E-state index contributed by atoms with van der Waals surface area (Å²) >= 11 is 3.46. The van der Waals surface area contributed by atoms with E-state index in [9.17, 15) is 4.79 Å². The minimum Gasteiger partial charge on any atom is -0.478 e. The topological polar surface area (TPSA) is 47.6 Å². The summed E-state index contributed by atoms with van der Waals surface area (Å²) in [7, 11) is 1.36. The fraction of sp³-hybridized carbons (Fsp3) is 0.500. The zero-order valence-electron chi connectivity index (χ0n) is 11.1. The number of nitrogens with one attached hydrogen (secondary N) is 1. The molecule has 4 nitrogen and oxygen atoms in total. The van der Waals surface area contributed by atoms with Crippen LogP contribution in [0.3, 0.4) is 0 Å². The second-order valence-electron chi connectivity index (χ2n) is 4.67. The van der Waals surface area contributed by atoms with Crippen molar-refractivity contribution in [1.29, 1.82) is 0 Å². The highest BCUT2D eigenvalue weighted by Crippen LogP contribution is 2.31. The molecule has 1 atom stereocenters. The van der Waals surface area contributed by atoms with Gasteiger partial charge in [0.2, 0.25) is 0 Å². The van der Waals surface area contributed by atoms with E-state index in [-0.39, 0.29) is 5.97 Å². The van der Waals surface area contributed by atoms with E-state index >= 15 is 0 Å². The maximum Gasteiger partial charge on any atom is 0.346 e. The molecular weight excluding hydrogens is 310 g/mol. The average molecular weight is 328 g/mol. The molecule has 0 amide bonds. The molecule has 2 rings (SSSR count). The van der Waals surface area contributed by atoms with Gasteiger partial charge in [0.1, 0.15) is 5.75 Å². The Hall–Kier alpha value is -1.07. The quantitative estimate of drug-likeness (QED) is 0.816. The van der Waals surface area contributed by atoms with Crippen LogP contribution in [0.2, 0.25) is 0 Å². The van der Waals surface area contributed by atoms with Gasteiger partial charge in [-0.2, -0.15) is 0 Å². The van der Waals surface area contributed by atoms with Crippen molar-refractivity contribution in [3.63, 3.8) is 0 Å². The van der Waals surface area contributed by atoms with Gasteiger partial charge in [0.05, 0.1) is 11.6 Å². The summed E-state index contributed by atoms with van der Waals surface area (Å²) in [6.07, 6.45) is 1.86. The number of halogens is 1. The van der Waals surface area contributed by atoms with Crippen LogP contribution >= 0.6 is 15.9 Å². The monoisotopic (exact) mass is 327 g/mol. The lowest BCUT2D eigenvalue weighted by Gasteiger charge is -2.17. The second kappa shape index (κ2) is 6.39. The summed E-state index contributed by atoms with van der Waals surface area (Å²) in [6, 6.07) is 6.49. The van der Waals surface area contributed by atoms with Gasteiger partial charge in [0.15, 0.2) is 6.10 Å². The molecule has 1 aromatic rings. The van der Waals surface area contributed by atoms with Gasteiger partial charge >= 0.3 is 5.97 Å². The Morgan fingerprint density at radius 2 is 2.26 bits per heavy atom. The smallest absolute Gasteiger partial charge is 0.346 e. The van der Waals surface area contributed by atoms with Crippen molar-refractivity contribution < 1.29 is 14.3 Å². The third kappa shape index (κ3) is 3.94. The molecule has 1 saturated carbocycles. The van der Waals surface area contributed by atoms with Crippen LogP contribution in [-0.2, 0) is 16.1 Å². The van der Waals surface area contributed by atoms with E-state index in [0.717, 1.165) is 16.6 Å². The molecule has 5 heteroatoms. The molecule has 1 N–H and O–H groups in total. The first-order valence-electron chi connectivity index (χ1n) is 6.37. The number of para-hydroxylation sites is 1. The molecule has 1 aliphatic rings. The van der Waals surface area contributed by atoms with Gasteiger partial charge in [0, 0.05) is 18.2 Å². The highest BCUT2D eigenvalue weighted by molar-refractivity contribution is 9.10. The number of benzene rings is 1. The Morgan fingerprint density at radius 3 is 2.89 bits per heavy atom. The number of methoxy groups -OCH3 is 1. The van der Waals surface area contributed by atoms with Crippen LogP contribution in [0.4, 0.5) is 0 Å². The van der Waals surface area contributed by atoms with E-state index in [0.29, 0.717) is 11.8 Å². The molecule has 1 unspecified atom stereocenters. The average Bonchev–Trinajstić information content (AvgIpc) is 3.22. The Morgan fingerprint density at radius 1 is 1.53 bits per heavy atom. The standard InChI is InChI=1S/C14H18BrNO3/c1-9(14(17)18-2)19-13-10(4-3-5-12(13)15)8-16-11-6-7-11/h3-5,9,11,16H,6-8H2,1-2H3. The molecule has 0 aromatic heterocycles. The van der Waals surface area contributed by atoms with Gasteiger partial charge in [-0.05, 0) is 41.8 Å². The number of ether oxygens (including phenoxy) is 2. The normalized spacial score (nSPS) is 15.9. The lowest BCUT2D eigenvalue weighted by atomic mass is 10.2. The molecule has 0 aliphatic heterocycles. The second-order valence-corrected chi connectivity index (χ2v) is 5.52. The summed E-state index contributed by atoms with van der Waals surface area (Å²) in [4.78, 5) is 11.4. The lowest BCUT2D eigenvalue weighted by Crippen LogP contribution is -2.26. The van der Waals surface area contributed by atoms with Gasteiger partial charge in [-0.25, -0.2) is 4.79 Å². The van der Waals surface area contributed by atoms with Crippen molar-refractivity contribution >= 4 is 21.9 Å². The minimum atomic E-state index is -0.622. The molecule has 0 spiro atoms. The predicted octanol–water partition coefficient (Wildman–Crippen LogP) is 2.64. The van der Waals surface area contributed by atoms with Crippen molar-refractivity contribution in [1.82, 2.24) is 5.32 Å². The van der Waals surface area contributed by atoms with Crippen LogP contribution < -0.4 is 10.1 Å². The van der Waals surface area contributed by atoms with Crippen LogP contribution in [-0.4, -0.2) is 25.2 Å². The number of rotatable bonds is 6. The zero-order valence-corrected chi connectivity index (χ0v) is 12.7. The van der Waals surface area contributed by atoms with Crippen molar-refractivity contribution in [3.8, 4) is 5.75 Å². The number of esters is 1. The summed E-state index contributed by atoms with van der Waals surface area (Å²) in [5.41, 5.74) is 1.04. The van der Waals surface area contributed by atoms with Gasteiger partial charge < -0.3 is 14.8 Å². The predicted molar refractivity (Wildman–Crippen MR) is 76.1 cm³/mol. The SMILES string of the molecule is COC(=O)C(C)Oc1c(Br)cccc1CNC1CC1. The lowest BCUT2D eigenvalue weighted by molar-refractivity contribution is -0.147. The molecule has 0 bridgehead atoms. The van der Waals surface area contributed by atoms with Gasteiger partial charge in [-0.1, -0.05) is 12.1 Å². The third-order valence-electron chi connectivity index (χ3n) is 3.03. The highest BCUT2D eigenvalue weighted by Gasteiger charge is 2.22. The molecule has 1 aliphatic carbocycles. The zero-order chi connectivity index (χ0) is 13.8. The van der Waals surface area contributed by atoms with Crippen LogP contribution in [0.25, 0.3) is 0 Å². The van der Waals surface area contributed by atoms with Crippen molar-refractivity contribution in [2.24, 2.45) is 0 Å². The molecule has 1 fully saturated rings. The van der Waals surface area contributed by atoms with Crippen molar-refractivity contribution in [3.05, 3.63) is 28.2 Å². The fourth-order valence-corrected chi connectivity index (χ4v) is 2.26. The molecule has 0 heterocycles. The van der Waals surface area contributed by atoms with Gasteiger partial charge in [-0.3, -0.25) is 0 Å². The molecule has 19 heavy (non-hydrogen) atoms. The van der Waals surface area contributed by atoms with Crippen LogP contribution in [0.1, 0.15) is 25.3 Å². The first kappa shape index (κ1) is 14.3. The number of hydrogen-bond acceptors (Lipinski definition) is 4. The number of carbonyl (C=O) groups excluding carboxylic acids is 1. The van der Waals surface area contributed by atoms with E-state index < -0.39 is 6.10 Å². The van der Waals surface area contributed by atoms with Crippen molar-refractivity contribution in [2.45, 2.75) is 38.5 Å². The molecular formula is C14H18BrNO3. The van der Waals surface area contributed by atoms with Crippen LogP contribution in [0.15, 0.2) is 22.7 Å². The Bertz CT molecular complexity index is 460. The van der Waals surface area contributed by atoms with Crippen LogP contribution in [0, 0.1) is 0 Å². The maximum atomic E-state index is 11.4. The first-order valence-corrected chi connectivity index (χ1v) is 7.16. The summed E-state index contributed by atoms with van der Waals surface area (Å²) < 4.78 is 11.2. The molecule has 0 saturated heterocycles. The van der Waals surface area contributed by atoms with E-state index in [1.807, 2.05) is 18.2 Å². The Kier molecular flexibility index (Phi) is 4.82. The van der Waals surface area contributed by atoms with E-state index in [4.69, 9.17) is 4.74 Å². The van der Waals surface area contributed by atoms with Gasteiger partial charge in [-0.15, -0.1) is 0 Å². The molecule has 104 valence electrons. The molecule has 0 radical (unpaired) electrons. The van der Waals surface area contributed by atoms with E-state index in [2.05, 4.69) is 26.0 Å². The maximum absolute atomic E-state index is 11.4. The largest absolute Gasteiger partial charge is 0.478 e. The number of carbonyl (C=O) groups is 1. The van der Waals surface area contributed by atoms with Crippen molar-refractivity contribution in [2.75, 3.05) is 7.11 Å². The number of hydrogen-bond donors (Lipinski definition) is 1. The minimum absolute atomic E-state index is 0.378. The summed E-state index contributed by atoms with van der Waals surface area (Å²) in [5, 5.41) is 3.44.